The average molecular weight is 470 g/mol. The number of ether oxygens (including phenoxy) is 1. The fraction of sp³-hybridized carbons (Fsp3) is 0.556. The largest absolute Gasteiger partial charge is 0.491 e. The Balaban J connectivity index is 1.71. The lowest BCUT2D eigenvalue weighted by Crippen LogP contribution is -2.39. The molecule has 2 aliphatic carbocycles. The van der Waals surface area contributed by atoms with E-state index in [1.807, 2.05) is 13.0 Å². The predicted octanol–water partition coefficient (Wildman–Crippen LogP) is 4.23. The number of halogens is 1. The number of hydrogen-bond donors (Lipinski definition) is 3. The van der Waals surface area contributed by atoms with Gasteiger partial charge in [0.05, 0.1) is 12.9 Å². The van der Waals surface area contributed by atoms with E-state index in [4.69, 9.17) is 9.84 Å². The third kappa shape index (κ3) is 5.19. The standard InChI is InChI=1S/C27H36FN3O3/c1-18(2)22-15-20(34-14-13-32)16-23(28)25(22)27(19-7-8-19)9-11-29-17-31-24-6-4-3-5-21(24)26(33)30-12-10-27/h15-17,19,32H,1,3-14H2,2H3,(H,29,31)(H,30,33). The van der Waals surface area contributed by atoms with Crippen LogP contribution in [0.2, 0.25) is 0 Å². The van der Waals surface area contributed by atoms with E-state index in [0.717, 1.165) is 60.9 Å². The molecule has 1 atom stereocenters. The molecule has 1 aromatic rings. The molecular formula is C27H36FN3O3. The quantitative estimate of drug-likeness (QED) is 0.582. The summed E-state index contributed by atoms with van der Waals surface area (Å²) in [5, 5.41) is 15.5. The highest BCUT2D eigenvalue weighted by Gasteiger charge is 2.48. The zero-order chi connectivity index (χ0) is 24.1. The molecule has 1 fully saturated rings. The number of nitrogens with zero attached hydrogens (tertiary/aromatic N) is 1. The molecule has 7 heteroatoms. The molecule has 0 saturated heterocycles. The van der Waals surface area contributed by atoms with E-state index in [2.05, 4.69) is 22.2 Å². The lowest BCUT2D eigenvalue weighted by molar-refractivity contribution is -0.117. The van der Waals surface area contributed by atoms with Gasteiger partial charge in [0.15, 0.2) is 0 Å². The lowest BCUT2D eigenvalue weighted by Gasteiger charge is -2.37. The topological polar surface area (TPSA) is 83.0 Å². The van der Waals surface area contributed by atoms with Gasteiger partial charge in [-0.2, -0.15) is 0 Å². The van der Waals surface area contributed by atoms with Gasteiger partial charge in [0.1, 0.15) is 18.2 Å². The maximum absolute atomic E-state index is 15.8. The lowest BCUT2D eigenvalue weighted by atomic mass is 9.68. The van der Waals surface area contributed by atoms with Gasteiger partial charge in [0.25, 0.3) is 0 Å². The Morgan fingerprint density at radius 2 is 2.09 bits per heavy atom. The van der Waals surface area contributed by atoms with Gasteiger partial charge in [-0.25, -0.2) is 4.39 Å². The summed E-state index contributed by atoms with van der Waals surface area (Å²) in [6.45, 7) is 7.02. The van der Waals surface area contributed by atoms with Crippen molar-refractivity contribution in [3.63, 3.8) is 0 Å². The number of aliphatic hydroxyl groups excluding tert-OH is 1. The smallest absolute Gasteiger partial charge is 0.248 e. The van der Waals surface area contributed by atoms with E-state index in [0.29, 0.717) is 43.2 Å². The molecule has 0 radical (unpaired) electrons. The first-order valence-electron chi connectivity index (χ1n) is 12.4. The zero-order valence-corrected chi connectivity index (χ0v) is 20.1. The summed E-state index contributed by atoms with van der Waals surface area (Å²) >= 11 is 0. The second-order valence-corrected chi connectivity index (χ2v) is 9.71. The van der Waals surface area contributed by atoms with Crippen molar-refractivity contribution in [1.82, 2.24) is 10.6 Å². The number of rotatable bonds is 6. The number of aliphatic hydroxyl groups is 1. The van der Waals surface area contributed by atoms with Crippen LogP contribution in [0.5, 0.6) is 5.75 Å². The molecule has 6 nitrogen and oxygen atoms in total. The Morgan fingerprint density at radius 1 is 1.29 bits per heavy atom. The fourth-order valence-electron chi connectivity index (χ4n) is 5.57. The van der Waals surface area contributed by atoms with Gasteiger partial charge in [-0.3, -0.25) is 9.79 Å². The summed E-state index contributed by atoms with van der Waals surface area (Å²) < 4.78 is 21.4. The molecule has 1 aromatic carbocycles. The van der Waals surface area contributed by atoms with Gasteiger partial charge in [0.2, 0.25) is 5.91 Å². The highest BCUT2D eigenvalue weighted by molar-refractivity contribution is 5.94. The molecule has 1 aliphatic heterocycles. The van der Waals surface area contributed by atoms with Crippen LogP contribution < -0.4 is 15.4 Å². The molecule has 4 rings (SSSR count). The summed E-state index contributed by atoms with van der Waals surface area (Å²) in [6.07, 6.45) is 8.79. The second-order valence-electron chi connectivity index (χ2n) is 9.71. The van der Waals surface area contributed by atoms with Crippen molar-refractivity contribution in [1.29, 1.82) is 0 Å². The summed E-state index contributed by atoms with van der Waals surface area (Å²) in [4.78, 5) is 17.6. The first kappa shape index (κ1) is 24.5. The Hall–Kier alpha value is -2.67. The minimum atomic E-state index is -0.457. The molecule has 1 saturated carbocycles. The van der Waals surface area contributed by atoms with E-state index in [1.54, 1.807) is 6.34 Å². The average Bonchev–Trinajstić information content (AvgIpc) is 3.66. The van der Waals surface area contributed by atoms with Gasteiger partial charge in [-0.1, -0.05) is 12.2 Å². The Morgan fingerprint density at radius 3 is 2.82 bits per heavy atom. The van der Waals surface area contributed by atoms with E-state index in [9.17, 15) is 4.79 Å². The third-order valence-corrected chi connectivity index (χ3v) is 7.36. The second kappa shape index (κ2) is 10.7. The number of hydrogen-bond acceptors (Lipinski definition) is 5. The van der Waals surface area contributed by atoms with E-state index >= 15 is 4.39 Å². The van der Waals surface area contributed by atoms with Crippen molar-refractivity contribution in [2.75, 3.05) is 26.3 Å². The molecule has 1 amide bonds. The number of amides is 1. The van der Waals surface area contributed by atoms with E-state index in [1.165, 1.54) is 6.07 Å². The summed E-state index contributed by atoms with van der Waals surface area (Å²) in [7, 11) is 0. The monoisotopic (exact) mass is 469 g/mol. The van der Waals surface area contributed by atoms with Crippen LogP contribution in [-0.2, 0) is 10.2 Å². The molecule has 0 spiro atoms. The van der Waals surface area contributed by atoms with Crippen molar-refractivity contribution < 1.29 is 19.0 Å². The van der Waals surface area contributed by atoms with Crippen LogP contribution >= 0.6 is 0 Å². The van der Waals surface area contributed by atoms with Crippen molar-refractivity contribution >= 4 is 17.8 Å². The highest BCUT2D eigenvalue weighted by atomic mass is 19.1. The molecule has 0 bridgehead atoms. The third-order valence-electron chi connectivity index (χ3n) is 7.36. The van der Waals surface area contributed by atoms with Crippen molar-refractivity contribution in [2.24, 2.45) is 10.9 Å². The summed E-state index contributed by atoms with van der Waals surface area (Å²) in [5.74, 6) is 0.365. The van der Waals surface area contributed by atoms with Crippen LogP contribution in [0.15, 0.2) is 35.0 Å². The molecule has 184 valence electrons. The number of nitrogens with one attached hydrogen (secondary N) is 2. The zero-order valence-electron chi connectivity index (χ0n) is 20.1. The van der Waals surface area contributed by atoms with E-state index < -0.39 is 5.41 Å². The van der Waals surface area contributed by atoms with Crippen molar-refractivity contribution in [2.45, 2.75) is 63.7 Å². The first-order valence-corrected chi connectivity index (χ1v) is 12.4. The van der Waals surface area contributed by atoms with Crippen LogP contribution in [0.1, 0.15) is 69.4 Å². The minimum absolute atomic E-state index is 0.0331. The Labute approximate surface area is 201 Å². The normalized spacial score (nSPS) is 23.8. The molecule has 3 N–H and O–H groups in total. The number of carbonyl (C=O) groups excluding carboxylic acids is 1. The molecule has 1 unspecified atom stereocenters. The van der Waals surface area contributed by atoms with Gasteiger partial charge < -0.3 is 20.5 Å². The number of allylic oxidation sites excluding steroid dienone is 2. The van der Waals surface area contributed by atoms with Crippen LogP contribution in [0.3, 0.4) is 0 Å². The summed E-state index contributed by atoms with van der Waals surface area (Å²) in [5.41, 5.74) is 3.50. The number of aliphatic imine (C=N–C) groups is 1. The summed E-state index contributed by atoms with van der Waals surface area (Å²) in [6, 6.07) is 3.25. The predicted molar refractivity (Wildman–Crippen MR) is 132 cm³/mol. The van der Waals surface area contributed by atoms with Gasteiger partial charge >= 0.3 is 0 Å². The van der Waals surface area contributed by atoms with Crippen LogP contribution in [0, 0.1) is 11.7 Å². The number of benzene rings is 1. The maximum atomic E-state index is 15.8. The minimum Gasteiger partial charge on any atom is -0.491 e. The molecule has 1 heterocycles. The molecule has 34 heavy (non-hydrogen) atoms. The van der Waals surface area contributed by atoms with Crippen molar-refractivity contribution in [3.05, 3.63) is 46.9 Å². The van der Waals surface area contributed by atoms with Gasteiger partial charge in [-0.05, 0) is 75.8 Å². The Bertz CT molecular complexity index is 999. The molecule has 3 aliphatic rings. The molecular weight excluding hydrogens is 433 g/mol. The van der Waals surface area contributed by atoms with E-state index in [-0.39, 0.29) is 24.9 Å². The first-order chi connectivity index (χ1) is 16.5. The number of carbonyl (C=O) groups is 1. The molecule has 0 aromatic heterocycles. The SMILES string of the molecule is C=C(C)c1cc(OCCO)cc(F)c1C1(C2CC2)CCN=CNC2=C(CCCC2)C(=O)NCC1. The van der Waals surface area contributed by atoms with Crippen LogP contribution in [-0.4, -0.2) is 43.7 Å². The van der Waals surface area contributed by atoms with Gasteiger partial charge in [0, 0.05) is 41.4 Å². The van der Waals surface area contributed by atoms with Crippen molar-refractivity contribution in [3.8, 4) is 5.75 Å². The van der Waals surface area contributed by atoms with Gasteiger partial charge in [-0.15, -0.1) is 0 Å². The van der Waals surface area contributed by atoms with Crippen LogP contribution in [0.25, 0.3) is 5.57 Å². The Kier molecular flexibility index (Phi) is 7.71. The maximum Gasteiger partial charge on any atom is 0.248 e. The highest BCUT2D eigenvalue weighted by Crippen LogP contribution is 2.54. The van der Waals surface area contributed by atoms with Crippen LogP contribution in [0.4, 0.5) is 4.39 Å². The fourth-order valence-corrected chi connectivity index (χ4v) is 5.57.